The number of methoxy groups -OCH3 is 1. The molecule has 2 aromatic carbocycles. The first kappa shape index (κ1) is 18.9. The van der Waals surface area contributed by atoms with Gasteiger partial charge in [0.25, 0.3) is 0 Å². The molecule has 1 heterocycles. The van der Waals surface area contributed by atoms with Gasteiger partial charge in [-0.2, -0.15) is 0 Å². The van der Waals surface area contributed by atoms with Crippen molar-refractivity contribution in [2.75, 3.05) is 13.7 Å². The van der Waals surface area contributed by atoms with E-state index in [0.717, 1.165) is 35.1 Å². The van der Waals surface area contributed by atoms with Crippen LogP contribution >= 0.6 is 0 Å². The molecule has 5 nitrogen and oxygen atoms in total. The fraction of sp³-hybridized carbons (Fsp3) is 0.227. The number of aryl methyl sites for hydroxylation is 1. The second-order valence-corrected chi connectivity index (χ2v) is 6.15. The van der Waals surface area contributed by atoms with E-state index in [1.807, 2.05) is 48.5 Å². The highest BCUT2D eigenvalue weighted by Crippen LogP contribution is 2.24. The van der Waals surface area contributed by atoms with Gasteiger partial charge in [-0.25, -0.2) is 4.79 Å². The van der Waals surface area contributed by atoms with Gasteiger partial charge in [0.15, 0.2) is 6.29 Å². The topological polar surface area (TPSA) is 68.9 Å². The minimum absolute atomic E-state index is 0.373. The number of benzene rings is 2. The molecule has 0 saturated carbocycles. The van der Waals surface area contributed by atoms with Crippen LogP contribution in [0.15, 0.2) is 70.4 Å². The molecule has 0 bridgehead atoms. The lowest BCUT2D eigenvalue weighted by Crippen LogP contribution is -2.09. The summed E-state index contributed by atoms with van der Waals surface area (Å²) in [6.45, 7) is 3.88. The maximum atomic E-state index is 12.4. The standard InChI is InChI=1S/C22H22O5/c1-3-21(23)26-12-4-5-15-6-7-17-14-19(22(24)27-20(17)13-15)16-8-10-18(25-2)11-9-16/h3,6-11,13-14,21,23H,1,4-5,12H2,2H3. The average Bonchev–Trinajstić information content (AvgIpc) is 2.70. The van der Waals surface area contributed by atoms with Gasteiger partial charge in [-0.1, -0.05) is 30.8 Å². The lowest BCUT2D eigenvalue weighted by atomic mass is 10.0. The highest BCUT2D eigenvalue weighted by atomic mass is 16.6. The molecule has 1 N–H and O–H groups in total. The van der Waals surface area contributed by atoms with Gasteiger partial charge < -0.3 is 19.0 Å². The first-order valence-corrected chi connectivity index (χ1v) is 8.74. The predicted molar refractivity (Wildman–Crippen MR) is 105 cm³/mol. The molecule has 140 valence electrons. The molecule has 1 unspecified atom stereocenters. The Morgan fingerprint density at radius 2 is 1.96 bits per heavy atom. The first-order chi connectivity index (χ1) is 13.1. The first-order valence-electron chi connectivity index (χ1n) is 8.74. The predicted octanol–water partition coefficient (Wildman–Crippen LogP) is 3.92. The summed E-state index contributed by atoms with van der Waals surface area (Å²) < 4.78 is 15.8. The van der Waals surface area contributed by atoms with Crippen molar-refractivity contribution in [1.29, 1.82) is 0 Å². The summed E-state index contributed by atoms with van der Waals surface area (Å²) in [5.74, 6) is 0.734. The van der Waals surface area contributed by atoms with Crippen molar-refractivity contribution >= 4 is 11.0 Å². The number of ether oxygens (including phenoxy) is 2. The summed E-state index contributed by atoms with van der Waals surface area (Å²) >= 11 is 0. The summed E-state index contributed by atoms with van der Waals surface area (Å²) in [6, 6.07) is 15.0. The Morgan fingerprint density at radius 3 is 2.67 bits per heavy atom. The molecule has 5 heteroatoms. The van der Waals surface area contributed by atoms with E-state index in [1.165, 1.54) is 6.08 Å². The summed E-state index contributed by atoms with van der Waals surface area (Å²) in [5.41, 5.74) is 2.53. The maximum absolute atomic E-state index is 12.4. The zero-order valence-electron chi connectivity index (χ0n) is 15.2. The molecule has 3 aromatic rings. The normalized spacial score (nSPS) is 12.1. The molecule has 0 aliphatic rings. The Labute approximate surface area is 157 Å². The van der Waals surface area contributed by atoms with Crippen LogP contribution in [-0.4, -0.2) is 25.1 Å². The third kappa shape index (κ3) is 4.64. The van der Waals surface area contributed by atoms with Gasteiger partial charge in [-0.05, 0) is 54.3 Å². The number of rotatable bonds is 8. The monoisotopic (exact) mass is 366 g/mol. The zero-order chi connectivity index (χ0) is 19.2. The summed E-state index contributed by atoms with van der Waals surface area (Å²) in [7, 11) is 1.60. The highest BCUT2D eigenvalue weighted by Gasteiger charge is 2.09. The Morgan fingerprint density at radius 1 is 1.19 bits per heavy atom. The molecular weight excluding hydrogens is 344 g/mol. The Balaban J connectivity index is 1.78. The van der Waals surface area contributed by atoms with Gasteiger partial charge in [0.2, 0.25) is 0 Å². The molecule has 0 amide bonds. The van der Waals surface area contributed by atoms with Crippen LogP contribution in [0.4, 0.5) is 0 Å². The summed E-state index contributed by atoms with van der Waals surface area (Å²) in [4.78, 5) is 12.4. The average molecular weight is 366 g/mol. The van der Waals surface area contributed by atoms with E-state index in [1.54, 1.807) is 7.11 Å². The van der Waals surface area contributed by atoms with Gasteiger partial charge in [-0.3, -0.25) is 0 Å². The van der Waals surface area contributed by atoms with E-state index < -0.39 is 6.29 Å². The second-order valence-electron chi connectivity index (χ2n) is 6.15. The molecule has 0 radical (unpaired) electrons. The van der Waals surface area contributed by atoms with Gasteiger partial charge in [0, 0.05) is 5.39 Å². The smallest absolute Gasteiger partial charge is 0.344 e. The minimum atomic E-state index is -0.934. The quantitative estimate of drug-likeness (QED) is 0.283. The molecular formula is C22H22O5. The number of hydrogen-bond acceptors (Lipinski definition) is 5. The van der Waals surface area contributed by atoms with Crippen LogP contribution in [-0.2, 0) is 11.2 Å². The van der Waals surface area contributed by atoms with Crippen molar-refractivity contribution in [3.63, 3.8) is 0 Å². The molecule has 1 aromatic heterocycles. The van der Waals surface area contributed by atoms with E-state index in [2.05, 4.69) is 6.58 Å². The molecule has 3 rings (SSSR count). The third-order valence-corrected chi connectivity index (χ3v) is 4.30. The lowest BCUT2D eigenvalue weighted by molar-refractivity contribution is -0.0643. The SMILES string of the molecule is C=CC(O)OCCCc1ccc2cc(-c3ccc(OC)cc3)c(=O)oc2c1. The second kappa shape index (κ2) is 8.66. The van der Waals surface area contributed by atoms with Gasteiger partial charge in [-0.15, -0.1) is 0 Å². The van der Waals surface area contributed by atoms with E-state index in [-0.39, 0.29) is 5.63 Å². The van der Waals surface area contributed by atoms with Crippen molar-refractivity contribution in [2.45, 2.75) is 19.1 Å². The van der Waals surface area contributed by atoms with E-state index in [4.69, 9.17) is 13.9 Å². The third-order valence-electron chi connectivity index (χ3n) is 4.30. The largest absolute Gasteiger partial charge is 0.497 e. The van der Waals surface area contributed by atoms with Crippen LogP contribution in [0, 0.1) is 0 Å². The minimum Gasteiger partial charge on any atom is -0.497 e. The zero-order valence-corrected chi connectivity index (χ0v) is 15.2. The molecule has 0 spiro atoms. The van der Waals surface area contributed by atoms with Crippen molar-refractivity contribution in [1.82, 2.24) is 0 Å². The maximum Gasteiger partial charge on any atom is 0.344 e. The van der Waals surface area contributed by atoms with Crippen LogP contribution in [0.5, 0.6) is 5.75 Å². The van der Waals surface area contributed by atoms with Crippen LogP contribution in [0.1, 0.15) is 12.0 Å². The Kier molecular flexibility index (Phi) is 6.06. The Hall–Kier alpha value is -2.89. The number of hydrogen-bond donors (Lipinski definition) is 1. The van der Waals surface area contributed by atoms with Gasteiger partial charge in [0.1, 0.15) is 11.3 Å². The Bertz CT molecular complexity index is 972. The lowest BCUT2D eigenvalue weighted by Gasteiger charge is -2.08. The molecule has 27 heavy (non-hydrogen) atoms. The van der Waals surface area contributed by atoms with E-state index >= 15 is 0 Å². The highest BCUT2D eigenvalue weighted by molar-refractivity contribution is 5.82. The number of aliphatic hydroxyl groups is 1. The molecule has 0 aliphatic heterocycles. The fourth-order valence-corrected chi connectivity index (χ4v) is 2.83. The molecule has 0 aliphatic carbocycles. The molecule has 0 fully saturated rings. The van der Waals surface area contributed by atoms with Crippen LogP contribution in [0.3, 0.4) is 0 Å². The van der Waals surface area contributed by atoms with Gasteiger partial charge in [0.05, 0.1) is 19.3 Å². The van der Waals surface area contributed by atoms with Crippen LogP contribution in [0.2, 0.25) is 0 Å². The van der Waals surface area contributed by atoms with E-state index in [9.17, 15) is 9.90 Å². The van der Waals surface area contributed by atoms with Crippen LogP contribution in [0.25, 0.3) is 22.1 Å². The summed E-state index contributed by atoms with van der Waals surface area (Å²) in [5, 5.41) is 10.1. The summed E-state index contributed by atoms with van der Waals surface area (Å²) in [6.07, 6.45) is 1.90. The molecule has 0 saturated heterocycles. The van der Waals surface area contributed by atoms with Crippen molar-refractivity contribution in [3.8, 4) is 16.9 Å². The number of aliphatic hydroxyl groups excluding tert-OH is 1. The van der Waals surface area contributed by atoms with Crippen molar-refractivity contribution < 1.29 is 19.0 Å². The number of fused-ring (bicyclic) bond motifs is 1. The van der Waals surface area contributed by atoms with Crippen molar-refractivity contribution in [2.24, 2.45) is 0 Å². The van der Waals surface area contributed by atoms with Crippen LogP contribution < -0.4 is 10.4 Å². The molecule has 1 atom stereocenters. The van der Waals surface area contributed by atoms with E-state index in [0.29, 0.717) is 17.8 Å². The van der Waals surface area contributed by atoms with Crippen molar-refractivity contribution in [3.05, 3.63) is 77.2 Å². The van der Waals surface area contributed by atoms with Gasteiger partial charge >= 0.3 is 5.63 Å². The fourth-order valence-electron chi connectivity index (χ4n) is 2.83.